The first-order valence-electron chi connectivity index (χ1n) is 10.7. The second-order valence-corrected chi connectivity index (χ2v) is 10.3. The molecule has 0 saturated carbocycles. The van der Waals surface area contributed by atoms with Gasteiger partial charge in [-0.2, -0.15) is 4.31 Å². The summed E-state index contributed by atoms with van der Waals surface area (Å²) in [5, 5.41) is 9.96. The molecule has 0 amide bonds. The predicted molar refractivity (Wildman–Crippen MR) is 123 cm³/mol. The smallest absolute Gasteiger partial charge is 0.278 e. The van der Waals surface area contributed by atoms with E-state index in [0.717, 1.165) is 11.3 Å². The van der Waals surface area contributed by atoms with Crippen molar-refractivity contribution in [3.05, 3.63) is 53.8 Å². The fourth-order valence-electron chi connectivity index (χ4n) is 5.19. The Morgan fingerprint density at radius 3 is 2.69 bits per heavy atom. The SMILES string of the molecule is CC1C=NC(S(=O)(=O)N2CC[C@@H]3[C@@H](CO)N(C)c4ccc(-c5ccccc5F)cc4[C@@H]32)=N1. The molecule has 1 saturated heterocycles. The Labute approximate surface area is 187 Å². The number of nitrogens with zero attached hydrogens (tertiary/aromatic N) is 4. The number of amidine groups is 1. The second kappa shape index (κ2) is 7.75. The van der Waals surface area contributed by atoms with Crippen molar-refractivity contribution in [3.8, 4) is 11.1 Å². The van der Waals surface area contributed by atoms with Crippen LogP contribution in [0.3, 0.4) is 0 Å². The zero-order valence-corrected chi connectivity index (χ0v) is 18.7. The van der Waals surface area contributed by atoms with Crippen molar-refractivity contribution in [2.24, 2.45) is 15.9 Å². The molecule has 0 aliphatic carbocycles. The quantitative estimate of drug-likeness (QED) is 0.770. The molecule has 9 heteroatoms. The van der Waals surface area contributed by atoms with Gasteiger partial charge in [-0.15, -0.1) is 0 Å². The van der Waals surface area contributed by atoms with Crippen LogP contribution in [0.25, 0.3) is 11.1 Å². The van der Waals surface area contributed by atoms with Gasteiger partial charge < -0.3 is 10.0 Å². The molecule has 5 rings (SSSR count). The first kappa shape index (κ1) is 21.2. The summed E-state index contributed by atoms with van der Waals surface area (Å²) in [5.74, 6) is -0.438. The maximum absolute atomic E-state index is 14.5. The average molecular weight is 457 g/mol. The molecule has 0 bridgehead atoms. The van der Waals surface area contributed by atoms with Crippen molar-refractivity contribution < 1.29 is 17.9 Å². The van der Waals surface area contributed by atoms with E-state index in [2.05, 4.69) is 9.98 Å². The third kappa shape index (κ3) is 3.18. The van der Waals surface area contributed by atoms with E-state index in [1.54, 1.807) is 25.1 Å². The fourth-order valence-corrected chi connectivity index (χ4v) is 6.81. The number of aliphatic hydroxyl groups is 1. The number of likely N-dealkylation sites (N-methyl/N-ethyl adjacent to an activating group) is 1. The number of aliphatic imine (C=N–C) groups is 2. The van der Waals surface area contributed by atoms with E-state index in [-0.39, 0.29) is 35.6 Å². The van der Waals surface area contributed by atoms with E-state index in [4.69, 9.17) is 0 Å². The van der Waals surface area contributed by atoms with Crippen LogP contribution in [0.5, 0.6) is 0 Å². The van der Waals surface area contributed by atoms with Gasteiger partial charge in [0.25, 0.3) is 15.2 Å². The van der Waals surface area contributed by atoms with Gasteiger partial charge in [0.05, 0.1) is 24.7 Å². The van der Waals surface area contributed by atoms with E-state index < -0.39 is 16.1 Å². The molecule has 1 unspecified atom stereocenters. The number of halogens is 1. The maximum Gasteiger partial charge on any atom is 0.278 e. The van der Waals surface area contributed by atoms with Gasteiger partial charge >= 0.3 is 0 Å². The molecule has 0 aromatic heterocycles. The molecule has 3 aliphatic rings. The first-order chi connectivity index (χ1) is 15.3. The molecule has 1 fully saturated rings. The topological polar surface area (TPSA) is 85.6 Å². The largest absolute Gasteiger partial charge is 0.394 e. The van der Waals surface area contributed by atoms with Crippen molar-refractivity contribution in [1.82, 2.24) is 4.31 Å². The van der Waals surface area contributed by atoms with Crippen molar-refractivity contribution in [2.45, 2.75) is 31.5 Å². The zero-order chi connectivity index (χ0) is 22.6. The normalized spacial score (nSPS) is 27.4. The zero-order valence-electron chi connectivity index (χ0n) is 17.9. The highest BCUT2D eigenvalue weighted by Crippen LogP contribution is 2.50. The number of hydrogen-bond donors (Lipinski definition) is 1. The summed E-state index contributed by atoms with van der Waals surface area (Å²) >= 11 is 0. The highest BCUT2D eigenvalue weighted by molar-refractivity contribution is 8.04. The summed E-state index contributed by atoms with van der Waals surface area (Å²) in [7, 11) is -2.00. The summed E-state index contributed by atoms with van der Waals surface area (Å²) in [6.07, 6.45) is 2.13. The number of fused-ring (bicyclic) bond motifs is 3. The lowest BCUT2D eigenvalue weighted by atomic mass is 9.81. The van der Waals surface area contributed by atoms with Gasteiger partial charge in [-0.1, -0.05) is 24.3 Å². The van der Waals surface area contributed by atoms with Crippen LogP contribution in [-0.4, -0.2) is 61.5 Å². The number of benzene rings is 2. The minimum atomic E-state index is -3.91. The number of sulfonamides is 1. The molecule has 2 aromatic carbocycles. The first-order valence-corrected chi connectivity index (χ1v) is 12.1. The van der Waals surface area contributed by atoms with Crippen LogP contribution in [0, 0.1) is 11.7 Å². The molecule has 3 heterocycles. The molecule has 3 aliphatic heterocycles. The number of rotatable bonds is 3. The highest BCUT2D eigenvalue weighted by Gasteiger charge is 2.51. The van der Waals surface area contributed by atoms with Gasteiger partial charge in [0, 0.05) is 37.0 Å². The molecular weight excluding hydrogens is 431 g/mol. The predicted octanol–water partition coefficient (Wildman–Crippen LogP) is 2.83. The van der Waals surface area contributed by atoms with Crippen molar-refractivity contribution in [3.63, 3.8) is 0 Å². The lowest BCUT2D eigenvalue weighted by Crippen LogP contribution is -2.48. The van der Waals surface area contributed by atoms with Crippen LogP contribution in [0.1, 0.15) is 24.9 Å². The van der Waals surface area contributed by atoms with E-state index >= 15 is 0 Å². The lowest BCUT2D eigenvalue weighted by molar-refractivity contribution is 0.193. The fraction of sp³-hybridized carbons (Fsp3) is 0.391. The van der Waals surface area contributed by atoms with E-state index in [0.29, 0.717) is 24.1 Å². The molecule has 168 valence electrons. The van der Waals surface area contributed by atoms with E-state index in [1.807, 2.05) is 30.1 Å². The van der Waals surface area contributed by atoms with Crippen LogP contribution in [0.2, 0.25) is 0 Å². The third-order valence-electron chi connectivity index (χ3n) is 6.74. The van der Waals surface area contributed by atoms with Crippen LogP contribution in [0.4, 0.5) is 10.1 Å². The van der Waals surface area contributed by atoms with E-state index in [1.165, 1.54) is 16.6 Å². The molecule has 4 atom stereocenters. The molecular formula is C23H25FN4O3S. The van der Waals surface area contributed by atoms with Crippen LogP contribution >= 0.6 is 0 Å². The molecule has 7 nitrogen and oxygen atoms in total. The molecule has 32 heavy (non-hydrogen) atoms. The van der Waals surface area contributed by atoms with Gasteiger partial charge in [0.2, 0.25) is 0 Å². The summed E-state index contributed by atoms with van der Waals surface area (Å²) in [4.78, 5) is 10.2. The Kier molecular flexibility index (Phi) is 5.15. The summed E-state index contributed by atoms with van der Waals surface area (Å²) < 4.78 is 42.9. The van der Waals surface area contributed by atoms with Crippen molar-refractivity contribution in [2.75, 3.05) is 25.1 Å². The lowest BCUT2D eigenvalue weighted by Gasteiger charge is -2.44. The Morgan fingerprint density at radius 2 is 2.00 bits per heavy atom. The minimum Gasteiger partial charge on any atom is -0.394 e. The Morgan fingerprint density at radius 1 is 1.22 bits per heavy atom. The third-order valence-corrected chi connectivity index (χ3v) is 8.44. The van der Waals surface area contributed by atoms with Crippen molar-refractivity contribution in [1.29, 1.82) is 0 Å². The standard InChI is InChI=1S/C23H25FN4O3S/c1-14-12-25-23(26-14)32(30,31)28-10-9-17-21(13-29)27(2)20-8-7-15(11-18(20)22(17)28)16-5-3-4-6-19(16)24/h3-8,11-12,14,17,21-22,29H,9-10,13H2,1-2H3/t14?,17-,21-,22-/m1/s1. The van der Waals surface area contributed by atoms with Crippen molar-refractivity contribution >= 4 is 27.1 Å². The molecule has 0 spiro atoms. The van der Waals surface area contributed by atoms with Gasteiger partial charge in [-0.05, 0) is 42.7 Å². The summed E-state index contributed by atoms with van der Waals surface area (Å²) in [6, 6.07) is 11.2. The van der Waals surface area contributed by atoms with Crippen LogP contribution < -0.4 is 4.90 Å². The molecule has 1 N–H and O–H groups in total. The Bertz CT molecular complexity index is 1230. The minimum absolute atomic E-state index is 0.0871. The summed E-state index contributed by atoms with van der Waals surface area (Å²) in [5.41, 5.74) is 2.78. The van der Waals surface area contributed by atoms with Gasteiger partial charge in [0.15, 0.2) is 0 Å². The summed E-state index contributed by atoms with van der Waals surface area (Å²) in [6.45, 7) is 2.01. The highest BCUT2D eigenvalue weighted by atomic mass is 32.2. The van der Waals surface area contributed by atoms with E-state index in [9.17, 15) is 17.9 Å². The monoisotopic (exact) mass is 456 g/mol. The van der Waals surface area contributed by atoms with Gasteiger partial charge in [-0.3, -0.25) is 0 Å². The second-order valence-electron chi connectivity index (χ2n) is 8.56. The number of hydrogen-bond acceptors (Lipinski definition) is 6. The van der Waals surface area contributed by atoms with Crippen LogP contribution in [0.15, 0.2) is 52.4 Å². The number of aliphatic hydroxyl groups excluding tert-OH is 1. The number of anilines is 1. The van der Waals surface area contributed by atoms with Crippen LogP contribution in [-0.2, 0) is 10.0 Å². The average Bonchev–Trinajstić information content (AvgIpc) is 3.42. The maximum atomic E-state index is 14.5. The molecule has 2 aromatic rings. The Balaban J connectivity index is 1.65. The molecule has 0 radical (unpaired) electrons. The van der Waals surface area contributed by atoms with Gasteiger partial charge in [-0.25, -0.2) is 22.8 Å². The Hall–Kier alpha value is -2.62. The van der Waals surface area contributed by atoms with Gasteiger partial charge in [0.1, 0.15) is 5.82 Å².